The molecule has 0 aromatic carbocycles. The molecule has 6 heteroatoms. The van der Waals surface area contributed by atoms with Crippen LogP contribution in [0.15, 0.2) is 97.2 Å². The fraction of sp³-hybridized carbons (Fsp3) is 0.823. The molecule has 0 aromatic rings. The number of hydrogen-bond donors (Lipinski definition) is 0. The van der Waals surface area contributed by atoms with Crippen molar-refractivity contribution in [3.63, 3.8) is 0 Å². The molecular formula is C96H171NO5. The molecule has 2 aliphatic heterocycles. The molecule has 6 nitrogen and oxygen atoms in total. The van der Waals surface area contributed by atoms with Crippen molar-refractivity contribution in [2.75, 3.05) is 14.1 Å². The molecule has 5 fully saturated rings. The lowest BCUT2D eigenvalue weighted by Crippen LogP contribution is -2.42. The van der Waals surface area contributed by atoms with Crippen LogP contribution >= 0.6 is 0 Å². The van der Waals surface area contributed by atoms with Crippen LogP contribution in [0, 0.1) is 11.8 Å². The van der Waals surface area contributed by atoms with Crippen molar-refractivity contribution in [3.8, 4) is 0 Å². The van der Waals surface area contributed by atoms with Gasteiger partial charge in [-0.05, 0) is 219 Å². The number of unbranched alkanes of at least 4 members (excludes halogenated alkanes) is 32. The minimum atomic E-state index is -0.296. The molecule has 590 valence electrons. The maximum Gasteiger partial charge on any atom is 0.169 e. The lowest BCUT2D eigenvalue weighted by molar-refractivity contribution is -0.200. The molecule has 3 aliphatic carbocycles. The number of carbonyl (C=O) groups is 1. The minimum absolute atomic E-state index is 0.255. The van der Waals surface area contributed by atoms with Crippen LogP contribution in [0.25, 0.3) is 0 Å². The first kappa shape index (κ1) is 93.6. The molecule has 2 saturated heterocycles. The summed E-state index contributed by atoms with van der Waals surface area (Å²) in [4.78, 5) is 13.1. The van der Waals surface area contributed by atoms with Crippen molar-refractivity contribution in [1.82, 2.24) is 4.90 Å². The largest absolute Gasteiger partial charge is 0.344 e. The van der Waals surface area contributed by atoms with E-state index in [1.165, 1.54) is 321 Å². The monoisotopic (exact) mass is 1420 g/mol. The van der Waals surface area contributed by atoms with E-state index in [1.54, 1.807) is 0 Å². The average Bonchev–Trinajstić information content (AvgIpc) is 1.64. The third-order valence-corrected chi connectivity index (χ3v) is 23.2. The van der Waals surface area contributed by atoms with Gasteiger partial charge in [-0.15, -0.1) is 0 Å². The maximum atomic E-state index is 10.7. The van der Waals surface area contributed by atoms with Crippen LogP contribution in [0.1, 0.15) is 440 Å². The summed E-state index contributed by atoms with van der Waals surface area (Å²) in [6, 6.07) is 0.675. The maximum absolute atomic E-state index is 10.7. The van der Waals surface area contributed by atoms with Gasteiger partial charge in [-0.25, -0.2) is 0 Å². The molecule has 0 radical (unpaired) electrons. The molecule has 2 heterocycles. The molecule has 5 rings (SSSR count). The van der Waals surface area contributed by atoms with E-state index in [9.17, 15) is 4.79 Å². The first-order valence-electron chi connectivity index (χ1n) is 45.2. The van der Waals surface area contributed by atoms with Gasteiger partial charge < -0.3 is 23.8 Å². The van der Waals surface area contributed by atoms with Gasteiger partial charge in [0, 0.05) is 44.6 Å². The Labute approximate surface area is 635 Å². The van der Waals surface area contributed by atoms with Gasteiger partial charge in [0.15, 0.2) is 11.6 Å². The third kappa shape index (κ3) is 49.4. The molecule has 102 heavy (non-hydrogen) atoms. The minimum Gasteiger partial charge on any atom is -0.344 e. The number of rotatable bonds is 59. The highest BCUT2D eigenvalue weighted by Gasteiger charge is 2.50. The molecular weight excluding hydrogens is 1250 g/mol. The second-order valence-corrected chi connectivity index (χ2v) is 32.5. The van der Waals surface area contributed by atoms with Gasteiger partial charge in [-0.3, -0.25) is 4.79 Å². The number of allylic oxidation sites excluding steroid dienone is 16. The second kappa shape index (κ2) is 66.6. The van der Waals surface area contributed by atoms with Gasteiger partial charge in [-0.2, -0.15) is 0 Å². The molecule has 2 spiro atoms. The smallest absolute Gasteiger partial charge is 0.169 e. The molecule has 0 bridgehead atoms. The summed E-state index contributed by atoms with van der Waals surface area (Å²) in [6.07, 6.45) is 117. The van der Waals surface area contributed by atoms with Gasteiger partial charge >= 0.3 is 0 Å². The Morgan fingerprint density at radius 3 is 0.765 bits per heavy atom. The fourth-order valence-corrected chi connectivity index (χ4v) is 16.0. The summed E-state index contributed by atoms with van der Waals surface area (Å²) < 4.78 is 27.4. The van der Waals surface area contributed by atoms with E-state index in [0.717, 1.165) is 88.9 Å². The molecule has 0 N–H and O–H groups in total. The Morgan fingerprint density at radius 2 is 0.520 bits per heavy atom. The second-order valence-electron chi connectivity index (χ2n) is 32.5. The van der Waals surface area contributed by atoms with Gasteiger partial charge in [0.05, 0.1) is 24.4 Å². The van der Waals surface area contributed by atoms with Crippen LogP contribution in [0.2, 0.25) is 0 Å². The molecule has 3 saturated carbocycles. The van der Waals surface area contributed by atoms with Crippen molar-refractivity contribution < 1.29 is 23.7 Å². The SMILES string of the molecule is CCC1CCC(=O)CC1.CCCCC/C=C\C/C=C\CCCCCCCC1OC2(CCC(CC)CC2)OC1CCCCCCC/C=C\C/C=C\CCCCC.CCCCC/C=C\C/C=C\CCCCCCCC1OC2(CCC(N(C)C)CC2)OC1CCCCCCC/C=C\C/C=C\CCCCC. The van der Waals surface area contributed by atoms with E-state index >= 15 is 0 Å². The van der Waals surface area contributed by atoms with Crippen LogP contribution < -0.4 is 0 Å². The van der Waals surface area contributed by atoms with Crippen molar-refractivity contribution in [2.45, 2.75) is 482 Å². The number of nitrogens with zero attached hydrogens (tertiary/aromatic N) is 1. The Balaban J connectivity index is 0.000000470. The average molecular weight is 1420 g/mol. The third-order valence-electron chi connectivity index (χ3n) is 23.2. The highest BCUT2D eigenvalue weighted by atomic mass is 16.8. The Bertz CT molecular complexity index is 1990. The number of hydrogen-bond acceptors (Lipinski definition) is 6. The highest BCUT2D eigenvalue weighted by molar-refractivity contribution is 5.79. The van der Waals surface area contributed by atoms with Crippen molar-refractivity contribution in [2.24, 2.45) is 11.8 Å². The van der Waals surface area contributed by atoms with Gasteiger partial charge in [0.2, 0.25) is 0 Å². The normalized spacial score (nSPS) is 23.7. The van der Waals surface area contributed by atoms with E-state index in [4.69, 9.17) is 18.9 Å². The predicted molar refractivity (Wildman–Crippen MR) is 448 cm³/mol. The number of ketones is 1. The Hall–Kier alpha value is -2.61. The zero-order chi connectivity index (χ0) is 73.2. The molecule has 5 aliphatic rings. The summed E-state index contributed by atoms with van der Waals surface area (Å²) in [5.41, 5.74) is 0. The number of Topliss-reactive ketones (excluding diaryl/α,β-unsaturated/α-hetero) is 1. The van der Waals surface area contributed by atoms with Crippen LogP contribution in [-0.4, -0.2) is 66.8 Å². The Morgan fingerprint density at radius 1 is 0.294 bits per heavy atom. The molecule has 4 unspecified atom stereocenters. The Kier molecular flexibility index (Phi) is 61.1. The molecule has 0 aromatic heterocycles. The standard InChI is InChI=1S/C44H79NO2.C44H78O2.C8H14O/c1-5-7-9-11-13-15-17-19-21-23-25-27-29-31-33-35-42-43(47-44(46-42)39-37-41(38-40-44)45(3)4)36-34-32-30-28-26-24-22-20-18-16-14-12-10-8-6-2;1-4-7-9-11-13-15-17-19-21-23-25-27-29-31-33-35-42-43(46-44(45-42)39-37-41(6-3)38-40-44)36-34-32-30-28-26-24-22-20-18-16-14-12-10-8-5-2;1-2-7-3-5-8(9)6-4-7/h13-16,19-22,41-43H,5-12,17-18,23-40H2,1-4H3;13-16,19-22,41-43H,4-12,17-18,23-40H2,1-3H3;7H,2-6H2,1H3/b2*15-13-,16-14-,21-19-,22-20-;. The molecule has 0 amide bonds. The topological polar surface area (TPSA) is 57.2 Å². The van der Waals surface area contributed by atoms with Gasteiger partial charge in [-0.1, -0.05) is 306 Å². The summed E-state index contributed by atoms with van der Waals surface area (Å²) in [5, 5.41) is 0. The lowest BCUT2D eigenvalue weighted by Gasteiger charge is -2.38. The van der Waals surface area contributed by atoms with E-state index < -0.39 is 0 Å². The first-order chi connectivity index (χ1) is 50.2. The summed E-state index contributed by atoms with van der Waals surface area (Å²) in [5.74, 6) is 1.65. The van der Waals surface area contributed by atoms with Gasteiger partial charge in [0.1, 0.15) is 5.78 Å². The first-order valence-corrected chi connectivity index (χ1v) is 45.2. The zero-order valence-electron chi connectivity index (χ0n) is 69.1. The summed E-state index contributed by atoms with van der Waals surface area (Å²) in [7, 11) is 4.44. The van der Waals surface area contributed by atoms with Crippen LogP contribution in [0.4, 0.5) is 0 Å². The van der Waals surface area contributed by atoms with E-state index in [1.807, 2.05) is 0 Å². The fourth-order valence-electron chi connectivity index (χ4n) is 16.0. The molecule has 4 atom stereocenters. The number of ether oxygens (including phenoxy) is 4. The van der Waals surface area contributed by atoms with E-state index in [2.05, 4.69) is 158 Å². The lowest BCUT2D eigenvalue weighted by atomic mass is 9.84. The van der Waals surface area contributed by atoms with Crippen LogP contribution in [-0.2, 0) is 23.7 Å². The summed E-state index contributed by atoms with van der Waals surface area (Å²) >= 11 is 0. The van der Waals surface area contributed by atoms with Crippen molar-refractivity contribution >= 4 is 5.78 Å². The van der Waals surface area contributed by atoms with E-state index in [-0.39, 0.29) is 11.6 Å². The van der Waals surface area contributed by atoms with Crippen LogP contribution in [0.5, 0.6) is 0 Å². The van der Waals surface area contributed by atoms with Crippen LogP contribution in [0.3, 0.4) is 0 Å². The predicted octanol–water partition coefficient (Wildman–Crippen LogP) is 30.4. The van der Waals surface area contributed by atoms with Crippen molar-refractivity contribution in [1.29, 1.82) is 0 Å². The van der Waals surface area contributed by atoms with Gasteiger partial charge in [0.25, 0.3) is 0 Å². The number of carbonyl (C=O) groups excluding carboxylic acids is 1. The quantitative estimate of drug-likeness (QED) is 0.0447. The summed E-state index contributed by atoms with van der Waals surface area (Å²) in [6.45, 7) is 13.6. The zero-order valence-corrected chi connectivity index (χ0v) is 69.1. The van der Waals surface area contributed by atoms with Crippen molar-refractivity contribution in [3.05, 3.63) is 97.2 Å². The van der Waals surface area contributed by atoms with E-state index in [0.29, 0.717) is 36.2 Å². The highest BCUT2D eigenvalue weighted by Crippen LogP contribution is 2.46.